The van der Waals surface area contributed by atoms with Gasteiger partial charge in [0, 0.05) is 37.8 Å². The molecule has 2 atom stereocenters. The summed E-state index contributed by atoms with van der Waals surface area (Å²) in [4.78, 5) is 13.2. The molecular weight excluding hydrogens is 536 g/mol. The lowest BCUT2D eigenvalue weighted by atomic mass is 10.00. The Bertz CT molecular complexity index is 1390. The van der Waals surface area contributed by atoms with Crippen LogP contribution < -0.4 is 10.6 Å². The number of hydrogen-bond donors (Lipinski definition) is 3. The molecule has 1 saturated heterocycles. The van der Waals surface area contributed by atoms with E-state index in [0.717, 1.165) is 43.0 Å². The Kier molecular flexibility index (Phi) is 10.0. The van der Waals surface area contributed by atoms with Gasteiger partial charge in [0.05, 0.1) is 17.0 Å². The van der Waals surface area contributed by atoms with Crippen molar-refractivity contribution in [3.05, 3.63) is 101 Å². The highest BCUT2D eigenvalue weighted by Gasteiger charge is 2.28. The number of sulfonamides is 1. The molecule has 40 heavy (non-hydrogen) atoms. The van der Waals surface area contributed by atoms with Crippen LogP contribution >= 0.6 is 0 Å². The molecule has 3 aromatic carbocycles. The molecule has 7 nitrogen and oxygen atoms in total. The topological polar surface area (TPSA) is 98.7 Å². The van der Waals surface area contributed by atoms with Gasteiger partial charge in [0.2, 0.25) is 10.0 Å². The molecular formula is C30H35F2N3O4S. The minimum atomic E-state index is -3.62. The minimum absolute atomic E-state index is 0.0178. The molecule has 214 valence electrons. The zero-order valence-corrected chi connectivity index (χ0v) is 23.3. The first-order valence-corrected chi connectivity index (χ1v) is 14.9. The molecule has 10 heteroatoms. The monoisotopic (exact) mass is 571 g/mol. The van der Waals surface area contributed by atoms with Gasteiger partial charge in [0.25, 0.3) is 5.91 Å². The Morgan fingerprint density at radius 3 is 2.25 bits per heavy atom. The quantitative estimate of drug-likeness (QED) is 0.307. The minimum Gasteiger partial charge on any atom is -0.390 e. The van der Waals surface area contributed by atoms with Crippen LogP contribution in [0.5, 0.6) is 0 Å². The van der Waals surface area contributed by atoms with Crippen molar-refractivity contribution in [3.8, 4) is 0 Å². The number of aliphatic hydroxyl groups is 1. The SMILES string of the molecule is CCc1cccc(CNC[C@H](O)[C@H](Cc2cc(F)cc(F)c2)NC(=O)c2ccc(S(=O)(=O)N3CCCC3)cc2)c1. The zero-order valence-electron chi connectivity index (χ0n) is 22.4. The Hall–Kier alpha value is -3.18. The van der Waals surface area contributed by atoms with E-state index in [0.29, 0.717) is 19.6 Å². The van der Waals surface area contributed by atoms with E-state index in [1.54, 1.807) is 0 Å². The van der Waals surface area contributed by atoms with Crippen molar-refractivity contribution < 1.29 is 27.1 Å². The highest BCUT2D eigenvalue weighted by Crippen LogP contribution is 2.21. The molecule has 0 radical (unpaired) electrons. The van der Waals surface area contributed by atoms with Crippen LogP contribution in [0.25, 0.3) is 0 Å². The number of carbonyl (C=O) groups is 1. The van der Waals surface area contributed by atoms with Crippen LogP contribution in [0.3, 0.4) is 0 Å². The summed E-state index contributed by atoms with van der Waals surface area (Å²) in [6.45, 7) is 3.63. The van der Waals surface area contributed by atoms with Gasteiger partial charge >= 0.3 is 0 Å². The predicted octanol–water partition coefficient (Wildman–Crippen LogP) is 3.80. The van der Waals surface area contributed by atoms with Gasteiger partial charge < -0.3 is 15.7 Å². The Morgan fingerprint density at radius 2 is 1.60 bits per heavy atom. The molecule has 1 aliphatic rings. The van der Waals surface area contributed by atoms with Crippen LogP contribution in [0.4, 0.5) is 8.78 Å². The van der Waals surface area contributed by atoms with Gasteiger partial charge in [-0.2, -0.15) is 4.31 Å². The van der Waals surface area contributed by atoms with Crippen LogP contribution in [0.15, 0.2) is 71.6 Å². The number of benzene rings is 3. The smallest absolute Gasteiger partial charge is 0.251 e. The third-order valence-electron chi connectivity index (χ3n) is 7.06. The number of hydrogen-bond acceptors (Lipinski definition) is 5. The molecule has 1 fully saturated rings. The molecule has 1 amide bonds. The molecule has 3 aromatic rings. The summed E-state index contributed by atoms with van der Waals surface area (Å²) in [5.41, 5.74) is 2.72. The lowest BCUT2D eigenvalue weighted by molar-refractivity contribution is 0.0829. The number of rotatable bonds is 12. The van der Waals surface area contributed by atoms with Gasteiger partial charge in [-0.05, 0) is 78.8 Å². The summed E-state index contributed by atoms with van der Waals surface area (Å²) in [7, 11) is -3.62. The standard InChI is InChI=1S/C30H35F2N3O4S/c1-2-21-6-5-7-22(14-21)19-33-20-29(36)28(17-23-15-25(31)18-26(32)16-23)34-30(37)24-8-10-27(11-9-24)40(38,39)35-12-3-4-13-35/h5-11,14-16,18,28-29,33,36H,2-4,12-13,17,19-20H2,1H3,(H,34,37)/t28-,29-/m0/s1. The predicted molar refractivity (Wildman–Crippen MR) is 149 cm³/mol. The molecule has 0 bridgehead atoms. The maximum atomic E-state index is 13.9. The molecule has 1 aliphatic heterocycles. The van der Waals surface area contributed by atoms with Gasteiger partial charge in [0.15, 0.2) is 0 Å². The van der Waals surface area contributed by atoms with E-state index >= 15 is 0 Å². The molecule has 0 saturated carbocycles. The number of aryl methyl sites for hydroxylation is 1. The second kappa shape index (κ2) is 13.5. The second-order valence-electron chi connectivity index (χ2n) is 10.1. The molecule has 0 aliphatic carbocycles. The fourth-order valence-corrected chi connectivity index (χ4v) is 6.36. The summed E-state index contributed by atoms with van der Waals surface area (Å²) >= 11 is 0. The highest BCUT2D eigenvalue weighted by atomic mass is 32.2. The van der Waals surface area contributed by atoms with Crippen molar-refractivity contribution in [1.29, 1.82) is 0 Å². The third-order valence-corrected chi connectivity index (χ3v) is 8.97. The first-order valence-electron chi connectivity index (χ1n) is 13.5. The average molecular weight is 572 g/mol. The van der Waals surface area contributed by atoms with Crippen LogP contribution in [-0.2, 0) is 29.4 Å². The molecule has 0 aromatic heterocycles. The maximum Gasteiger partial charge on any atom is 0.251 e. The van der Waals surface area contributed by atoms with Crippen LogP contribution in [-0.4, -0.2) is 55.5 Å². The van der Waals surface area contributed by atoms with Gasteiger partial charge in [0.1, 0.15) is 11.6 Å². The summed E-state index contributed by atoms with van der Waals surface area (Å²) in [5.74, 6) is -2.04. The van der Waals surface area contributed by atoms with E-state index < -0.39 is 39.7 Å². The fourth-order valence-electron chi connectivity index (χ4n) is 4.84. The van der Waals surface area contributed by atoms with Crippen molar-refractivity contribution in [3.63, 3.8) is 0 Å². The fraction of sp³-hybridized carbons (Fsp3) is 0.367. The molecule has 3 N–H and O–H groups in total. The van der Waals surface area contributed by atoms with E-state index in [2.05, 4.69) is 23.6 Å². The van der Waals surface area contributed by atoms with E-state index in [-0.39, 0.29) is 29.0 Å². The first kappa shape index (κ1) is 29.8. The first-order chi connectivity index (χ1) is 19.2. The molecule has 0 unspecified atom stereocenters. The normalized spacial score (nSPS) is 15.6. The molecule has 0 spiro atoms. The van der Waals surface area contributed by atoms with Crippen molar-refractivity contribution in [2.24, 2.45) is 0 Å². The van der Waals surface area contributed by atoms with E-state index in [1.807, 2.05) is 18.2 Å². The Labute approximate surface area is 234 Å². The van der Waals surface area contributed by atoms with Gasteiger partial charge in [-0.15, -0.1) is 0 Å². The van der Waals surface area contributed by atoms with Gasteiger partial charge in [-0.3, -0.25) is 4.79 Å². The molecule has 4 rings (SSSR count). The largest absolute Gasteiger partial charge is 0.390 e. The lowest BCUT2D eigenvalue weighted by Crippen LogP contribution is -2.48. The summed E-state index contributed by atoms with van der Waals surface area (Å²) < 4.78 is 54.7. The third kappa shape index (κ3) is 7.72. The van der Waals surface area contributed by atoms with Crippen LogP contribution in [0.2, 0.25) is 0 Å². The van der Waals surface area contributed by atoms with E-state index in [1.165, 1.54) is 34.1 Å². The Balaban J connectivity index is 1.46. The maximum absolute atomic E-state index is 13.9. The number of carbonyl (C=O) groups excluding carboxylic acids is 1. The number of nitrogens with one attached hydrogen (secondary N) is 2. The number of nitrogens with zero attached hydrogens (tertiary/aromatic N) is 1. The van der Waals surface area contributed by atoms with Crippen LogP contribution in [0, 0.1) is 11.6 Å². The average Bonchev–Trinajstić information content (AvgIpc) is 3.48. The zero-order chi connectivity index (χ0) is 28.7. The Morgan fingerprint density at radius 1 is 0.950 bits per heavy atom. The van der Waals surface area contributed by atoms with Crippen molar-refractivity contribution in [2.45, 2.75) is 56.2 Å². The summed E-state index contributed by atoms with van der Waals surface area (Å²) in [5, 5.41) is 17.0. The summed E-state index contributed by atoms with van der Waals surface area (Å²) in [6, 6.07) is 15.9. The number of amides is 1. The number of halogens is 2. The van der Waals surface area contributed by atoms with Gasteiger partial charge in [-0.1, -0.05) is 31.2 Å². The van der Waals surface area contributed by atoms with E-state index in [4.69, 9.17) is 0 Å². The van der Waals surface area contributed by atoms with Crippen molar-refractivity contribution in [1.82, 2.24) is 14.9 Å². The summed E-state index contributed by atoms with van der Waals surface area (Å²) in [6.07, 6.45) is 1.44. The van der Waals surface area contributed by atoms with Crippen molar-refractivity contribution in [2.75, 3.05) is 19.6 Å². The van der Waals surface area contributed by atoms with Crippen LogP contribution in [0.1, 0.15) is 46.8 Å². The van der Waals surface area contributed by atoms with Gasteiger partial charge in [-0.25, -0.2) is 17.2 Å². The van der Waals surface area contributed by atoms with Crippen molar-refractivity contribution >= 4 is 15.9 Å². The molecule has 1 heterocycles. The lowest BCUT2D eigenvalue weighted by Gasteiger charge is -2.25. The number of aliphatic hydroxyl groups excluding tert-OH is 1. The highest BCUT2D eigenvalue weighted by molar-refractivity contribution is 7.89. The van der Waals surface area contributed by atoms with E-state index in [9.17, 15) is 27.1 Å². The second-order valence-corrected chi connectivity index (χ2v) is 12.0.